The predicted octanol–water partition coefficient (Wildman–Crippen LogP) is 2.03. The number of piperidine rings is 1. The minimum Gasteiger partial charge on any atom is -0.364 e. The maximum absolute atomic E-state index is 13.8. The molecule has 2 aromatic heterocycles. The van der Waals surface area contributed by atoms with E-state index >= 15 is 0 Å². The maximum atomic E-state index is 13.8. The lowest BCUT2D eigenvalue weighted by Crippen LogP contribution is -2.33. The molecule has 1 aliphatic heterocycles. The molecule has 0 aliphatic carbocycles. The van der Waals surface area contributed by atoms with Crippen molar-refractivity contribution >= 4 is 16.9 Å². The molecule has 1 aliphatic rings. The highest BCUT2D eigenvalue weighted by atomic mass is 19.1. The summed E-state index contributed by atoms with van der Waals surface area (Å²) in [5.74, 6) is -0.431. The van der Waals surface area contributed by atoms with Crippen molar-refractivity contribution in [3.8, 4) is 0 Å². The number of amides is 1. The van der Waals surface area contributed by atoms with E-state index in [1.54, 1.807) is 6.07 Å². The lowest BCUT2D eigenvalue weighted by Gasteiger charge is -2.30. The summed E-state index contributed by atoms with van der Waals surface area (Å²) >= 11 is 0. The Morgan fingerprint density at radius 1 is 1.62 bits per heavy atom. The molecule has 21 heavy (non-hydrogen) atoms. The largest absolute Gasteiger partial charge is 0.364 e. The highest BCUT2D eigenvalue weighted by Gasteiger charge is 2.20. The van der Waals surface area contributed by atoms with E-state index in [4.69, 9.17) is 5.73 Å². The van der Waals surface area contributed by atoms with Crippen LogP contribution in [0.15, 0.2) is 12.3 Å². The van der Waals surface area contributed by atoms with Crippen LogP contribution < -0.4 is 5.73 Å². The van der Waals surface area contributed by atoms with Crippen molar-refractivity contribution in [1.29, 1.82) is 0 Å². The molecule has 5 nitrogen and oxygen atoms in total. The van der Waals surface area contributed by atoms with Crippen molar-refractivity contribution in [2.45, 2.75) is 26.3 Å². The van der Waals surface area contributed by atoms with Gasteiger partial charge in [-0.1, -0.05) is 6.92 Å². The van der Waals surface area contributed by atoms with Gasteiger partial charge in [0.2, 0.25) is 0 Å². The Morgan fingerprint density at radius 3 is 3.14 bits per heavy atom. The fourth-order valence-corrected chi connectivity index (χ4v) is 3.06. The molecule has 1 atom stereocenters. The zero-order valence-electron chi connectivity index (χ0n) is 12.0. The van der Waals surface area contributed by atoms with E-state index in [-0.39, 0.29) is 11.2 Å². The molecule has 0 unspecified atom stereocenters. The van der Waals surface area contributed by atoms with Crippen molar-refractivity contribution in [3.63, 3.8) is 0 Å². The molecule has 3 rings (SSSR count). The number of nitrogens with zero attached hydrogens (tertiary/aromatic N) is 2. The summed E-state index contributed by atoms with van der Waals surface area (Å²) in [6, 6.07) is 1.67. The molecule has 6 heteroatoms. The molecule has 3 N–H and O–H groups in total. The maximum Gasteiger partial charge on any atom is 0.267 e. The second kappa shape index (κ2) is 5.44. The lowest BCUT2D eigenvalue weighted by molar-refractivity contribution is 0.0995. The lowest BCUT2D eigenvalue weighted by atomic mass is 9.99. The van der Waals surface area contributed by atoms with Crippen LogP contribution in [0.25, 0.3) is 11.0 Å². The van der Waals surface area contributed by atoms with Crippen LogP contribution in [0.3, 0.4) is 0 Å². The van der Waals surface area contributed by atoms with Crippen LogP contribution in [-0.4, -0.2) is 33.9 Å². The first kappa shape index (κ1) is 14.0. The van der Waals surface area contributed by atoms with Crippen LogP contribution in [-0.2, 0) is 6.54 Å². The summed E-state index contributed by atoms with van der Waals surface area (Å²) < 4.78 is 13.8. The van der Waals surface area contributed by atoms with E-state index in [0.717, 1.165) is 25.1 Å². The minimum atomic E-state index is -0.634. The number of aromatic amines is 1. The fourth-order valence-electron chi connectivity index (χ4n) is 3.06. The molecule has 1 fully saturated rings. The molecule has 0 saturated carbocycles. The zero-order chi connectivity index (χ0) is 15.0. The Morgan fingerprint density at radius 2 is 2.43 bits per heavy atom. The van der Waals surface area contributed by atoms with E-state index in [2.05, 4.69) is 21.8 Å². The number of hydrogen-bond acceptors (Lipinski definition) is 3. The molecular weight excluding hydrogens is 271 g/mol. The Hall–Kier alpha value is -1.95. The first-order valence-corrected chi connectivity index (χ1v) is 7.23. The minimum absolute atomic E-state index is 0.112. The molecule has 1 amide bonds. The van der Waals surface area contributed by atoms with E-state index in [1.165, 1.54) is 12.6 Å². The fraction of sp³-hybridized carbons (Fsp3) is 0.467. The molecule has 1 saturated heterocycles. The second-order valence-electron chi connectivity index (χ2n) is 5.87. The van der Waals surface area contributed by atoms with Crippen molar-refractivity contribution in [2.24, 2.45) is 11.7 Å². The average Bonchev–Trinajstić information content (AvgIpc) is 2.81. The Kier molecular flexibility index (Phi) is 3.63. The smallest absolute Gasteiger partial charge is 0.267 e. The van der Waals surface area contributed by atoms with Gasteiger partial charge in [0.25, 0.3) is 5.91 Å². The van der Waals surface area contributed by atoms with Gasteiger partial charge in [0.15, 0.2) is 5.82 Å². The van der Waals surface area contributed by atoms with Crippen LogP contribution >= 0.6 is 0 Å². The van der Waals surface area contributed by atoms with Gasteiger partial charge in [-0.2, -0.15) is 0 Å². The number of H-pyrrole nitrogens is 1. The number of fused-ring (bicyclic) bond motifs is 1. The molecule has 0 aromatic carbocycles. The number of primary amides is 1. The zero-order valence-corrected chi connectivity index (χ0v) is 12.0. The van der Waals surface area contributed by atoms with Gasteiger partial charge in [-0.05, 0) is 36.9 Å². The number of aromatic nitrogens is 2. The summed E-state index contributed by atoms with van der Waals surface area (Å²) in [4.78, 5) is 20.6. The van der Waals surface area contributed by atoms with Gasteiger partial charge in [0, 0.05) is 19.3 Å². The molecule has 0 bridgehead atoms. The first-order valence-electron chi connectivity index (χ1n) is 7.23. The number of rotatable bonds is 3. The number of hydrogen-bond donors (Lipinski definition) is 2. The van der Waals surface area contributed by atoms with Crippen LogP contribution in [0, 0.1) is 11.7 Å². The predicted molar refractivity (Wildman–Crippen MR) is 78.2 cm³/mol. The van der Waals surface area contributed by atoms with Gasteiger partial charge in [0.1, 0.15) is 11.2 Å². The SMILES string of the molecule is C[C@H]1CCCN(Cc2cc(C(N)=O)nc3c(F)c[nH]c23)C1. The number of nitrogens with one attached hydrogen (secondary N) is 1. The molecule has 2 aromatic rings. The summed E-state index contributed by atoms with van der Waals surface area (Å²) in [6.07, 6.45) is 3.67. The van der Waals surface area contributed by atoms with E-state index < -0.39 is 11.7 Å². The van der Waals surface area contributed by atoms with Crippen molar-refractivity contribution in [1.82, 2.24) is 14.9 Å². The van der Waals surface area contributed by atoms with E-state index in [0.29, 0.717) is 18.0 Å². The Labute approximate surface area is 122 Å². The average molecular weight is 290 g/mol. The van der Waals surface area contributed by atoms with Crippen LogP contribution in [0.2, 0.25) is 0 Å². The van der Waals surface area contributed by atoms with Crippen molar-refractivity contribution in [2.75, 3.05) is 13.1 Å². The van der Waals surface area contributed by atoms with Gasteiger partial charge in [0.05, 0.1) is 5.52 Å². The molecule has 0 radical (unpaired) electrons. The summed E-state index contributed by atoms with van der Waals surface area (Å²) in [6.45, 7) is 4.93. The quantitative estimate of drug-likeness (QED) is 0.908. The molecular formula is C15H19FN4O. The topological polar surface area (TPSA) is 75.0 Å². The number of carbonyl (C=O) groups excluding carboxylic acids is 1. The summed E-state index contributed by atoms with van der Waals surface area (Å²) in [7, 11) is 0. The molecule has 0 spiro atoms. The van der Waals surface area contributed by atoms with Crippen LogP contribution in [0.4, 0.5) is 4.39 Å². The van der Waals surface area contributed by atoms with Crippen LogP contribution in [0.5, 0.6) is 0 Å². The summed E-state index contributed by atoms with van der Waals surface area (Å²) in [5.41, 5.74) is 7.11. The number of nitrogens with two attached hydrogens (primary N) is 1. The second-order valence-corrected chi connectivity index (χ2v) is 5.87. The number of likely N-dealkylation sites (tertiary alicyclic amines) is 1. The van der Waals surface area contributed by atoms with Gasteiger partial charge in [-0.25, -0.2) is 9.37 Å². The normalized spacial score (nSPS) is 20.0. The van der Waals surface area contributed by atoms with Crippen molar-refractivity contribution < 1.29 is 9.18 Å². The first-order chi connectivity index (χ1) is 10.0. The monoisotopic (exact) mass is 290 g/mol. The highest BCUT2D eigenvalue weighted by Crippen LogP contribution is 2.24. The van der Waals surface area contributed by atoms with Gasteiger partial charge >= 0.3 is 0 Å². The molecule has 3 heterocycles. The van der Waals surface area contributed by atoms with E-state index in [9.17, 15) is 9.18 Å². The standard InChI is InChI=1S/C15H19FN4O/c1-9-3-2-4-20(7-9)8-10-5-12(15(17)21)19-14-11(16)6-18-13(10)14/h5-6,9,18H,2-4,7-8H2,1H3,(H2,17,21)/t9-/m0/s1. The van der Waals surface area contributed by atoms with Gasteiger partial charge in [-0.3, -0.25) is 9.69 Å². The third-order valence-electron chi connectivity index (χ3n) is 4.06. The Bertz CT molecular complexity index is 682. The molecule has 112 valence electrons. The van der Waals surface area contributed by atoms with Gasteiger partial charge < -0.3 is 10.7 Å². The highest BCUT2D eigenvalue weighted by molar-refractivity contribution is 5.94. The number of halogens is 1. The number of pyridine rings is 1. The Balaban J connectivity index is 1.98. The third kappa shape index (κ3) is 2.76. The van der Waals surface area contributed by atoms with Crippen LogP contribution in [0.1, 0.15) is 35.8 Å². The van der Waals surface area contributed by atoms with Crippen molar-refractivity contribution in [3.05, 3.63) is 29.3 Å². The third-order valence-corrected chi connectivity index (χ3v) is 4.06. The van der Waals surface area contributed by atoms with E-state index in [1.807, 2.05) is 0 Å². The summed E-state index contributed by atoms with van der Waals surface area (Å²) in [5, 5.41) is 0. The van der Waals surface area contributed by atoms with Gasteiger partial charge in [-0.15, -0.1) is 0 Å². The number of carbonyl (C=O) groups is 1.